The smallest absolute Gasteiger partial charge is 0.191 e. The van der Waals surface area contributed by atoms with Crippen LogP contribution in [-0.4, -0.2) is 63.3 Å². The maximum absolute atomic E-state index is 13.2. The van der Waals surface area contributed by atoms with E-state index < -0.39 is 0 Å². The summed E-state index contributed by atoms with van der Waals surface area (Å²) >= 11 is 0. The molecule has 0 bridgehead atoms. The Morgan fingerprint density at radius 2 is 2.04 bits per heavy atom. The van der Waals surface area contributed by atoms with Crippen LogP contribution in [0.4, 0.5) is 4.39 Å². The van der Waals surface area contributed by atoms with Crippen LogP contribution in [0.3, 0.4) is 0 Å². The van der Waals surface area contributed by atoms with Crippen molar-refractivity contribution in [3.05, 3.63) is 35.1 Å². The normalized spacial score (nSPS) is 15.4. The highest BCUT2D eigenvalue weighted by Gasteiger charge is 2.09. The maximum Gasteiger partial charge on any atom is 0.191 e. The van der Waals surface area contributed by atoms with Crippen LogP contribution in [0.15, 0.2) is 23.2 Å². The maximum atomic E-state index is 13.2. The lowest BCUT2D eigenvalue weighted by molar-refractivity contribution is 0.0377. The second kappa shape index (κ2) is 13.3. The molecule has 7 heteroatoms. The minimum Gasteiger partial charge on any atom is -0.379 e. The third-order valence-corrected chi connectivity index (χ3v) is 4.34. The summed E-state index contributed by atoms with van der Waals surface area (Å²) in [5.41, 5.74) is 2.16. The van der Waals surface area contributed by atoms with Crippen molar-refractivity contribution in [2.75, 3.05) is 52.5 Å². The lowest BCUT2D eigenvalue weighted by Gasteiger charge is -2.26. The molecule has 0 radical (unpaired) electrons. The highest BCUT2D eigenvalue weighted by Crippen LogP contribution is 2.10. The molecule has 0 saturated carbocycles. The van der Waals surface area contributed by atoms with Crippen molar-refractivity contribution < 1.29 is 9.13 Å². The van der Waals surface area contributed by atoms with Crippen molar-refractivity contribution in [1.29, 1.82) is 0 Å². The fraction of sp³-hybridized carbons (Fsp3) is 0.632. The SMILES string of the molecule is CCNC(=NCCCN1CCOCC1)NCCc1ccc(F)cc1C.I. The number of aryl methyl sites for hydroxylation is 1. The van der Waals surface area contributed by atoms with Crippen LogP contribution in [0.2, 0.25) is 0 Å². The summed E-state index contributed by atoms with van der Waals surface area (Å²) < 4.78 is 18.5. The van der Waals surface area contributed by atoms with Crippen LogP contribution in [0.25, 0.3) is 0 Å². The number of hydrogen-bond acceptors (Lipinski definition) is 3. The van der Waals surface area contributed by atoms with E-state index in [0.29, 0.717) is 0 Å². The van der Waals surface area contributed by atoms with Gasteiger partial charge in [-0.1, -0.05) is 6.07 Å². The fourth-order valence-corrected chi connectivity index (χ4v) is 2.91. The number of ether oxygens (including phenoxy) is 1. The van der Waals surface area contributed by atoms with Crippen molar-refractivity contribution >= 4 is 29.9 Å². The second-order valence-corrected chi connectivity index (χ2v) is 6.32. The van der Waals surface area contributed by atoms with Crippen molar-refractivity contribution in [2.24, 2.45) is 4.99 Å². The third kappa shape index (κ3) is 8.64. The molecule has 0 aliphatic carbocycles. The van der Waals surface area contributed by atoms with Gasteiger partial charge in [0.2, 0.25) is 0 Å². The number of rotatable bonds is 8. The molecule has 0 spiro atoms. The largest absolute Gasteiger partial charge is 0.379 e. The van der Waals surface area contributed by atoms with Crippen molar-refractivity contribution in [3.63, 3.8) is 0 Å². The number of benzene rings is 1. The zero-order valence-electron chi connectivity index (χ0n) is 15.9. The Labute approximate surface area is 173 Å². The van der Waals surface area contributed by atoms with E-state index in [4.69, 9.17) is 4.74 Å². The molecule has 1 heterocycles. The lowest BCUT2D eigenvalue weighted by Crippen LogP contribution is -2.39. The Morgan fingerprint density at radius 3 is 2.73 bits per heavy atom. The Balaban J connectivity index is 0.00000338. The molecular formula is C19H32FIN4O. The summed E-state index contributed by atoms with van der Waals surface area (Å²) in [6, 6.07) is 4.96. The van der Waals surface area contributed by atoms with E-state index in [0.717, 1.165) is 82.4 Å². The molecule has 1 aromatic carbocycles. The number of aliphatic imine (C=N–C) groups is 1. The predicted octanol–water partition coefficient (Wildman–Crippen LogP) is 2.57. The van der Waals surface area contributed by atoms with Crippen LogP contribution in [0.1, 0.15) is 24.5 Å². The van der Waals surface area contributed by atoms with Crippen LogP contribution in [0, 0.1) is 12.7 Å². The molecular weight excluding hydrogens is 446 g/mol. The average Bonchev–Trinajstić information content (AvgIpc) is 2.61. The summed E-state index contributed by atoms with van der Waals surface area (Å²) in [5, 5.41) is 6.64. The van der Waals surface area contributed by atoms with Gasteiger partial charge in [-0.3, -0.25) is 9.89 Å². The zero-order valence-corrected chi connectivity index (χ0v) is 18.2. The zero-order chi connectivity index (χ0) is 17.9. The van der Waals surface area contributed by atoms with Gasteiger partial charge in [0.15, 0.2) is 5.96 Å². The standard InChI is InChI=1S/C19H31FN4O.HI/c1-3-21-19(22-8-4-10-24-11-13-25-14-12-24)23-9-7-17-5-6-18(20)15-16(17)2;/h5-6,15H,3-4,7-14H2,1-2H3,(H2,21,22,23);1H. The van der Waals surface area contributed by atoms with E-state index in [1.807, 2.05) is 13.0 Å². The highest BCUT2D eigenvalue weighted by molar-refractivity contribution is 14.0. The van der Waals surface area contributed by atoms with E-state index in [2.05, 4.69) is 27.4 Å². The summed E-state index contributed by atoms with van der Waals surface area (Å²) in [6.07, 6.45) is 1.90. The Bertz CT molecular complexity index is 550. The van der Waals surface area contributed by atoms with E-state index in [9.17, 15) is 4.39 Å². The van der Waals surface area contributed by atoms with Crippen molar-refractivity contribution in [1.82, 2.24) is 15.5 Å². The topological polar surface area (TPSA) is 48.9 Å². The van der Waals surface area contributed by atoms with Crippen LogP contribution in [0.5, 0.6) is 0 Å². The monoisotopic (exact) mass is 478 g/mol. The van der Waals surface area contributed by atoms with E-state index in [-0.39, 0.29) is 29.8 Å². The molecule has 2 N–H and O–H groups in total. The molecule has 1 saturated heterocycles. The average molecular weight is 478 g/mol. The van der Waals surface area contributed by atoms with Gasteiger partial charge in [-0.25, -0.2) is 4.39 Å². The number of guanidine groups is 1. The van der Waals surface area contributed by atoms with Gasteiger partial charge in [0.25, 0.3) is 0 Å². The van der Waals surface area contributed by atoms with Crippen molar-refractivity contribution in [3.8, 4) is 0 Å². The minimum absolute atomic E-state index is 0. The Hall–Kier alpha value is -0.930. The molecule has 0 amide bonds. The van der Waals surface area contributed by atoms with Gasteiger partial charge in [0.1, 0.15) is 5.82 Å². The quantitative estimate of drug-likeness (QED) is 0.261. The summed E-state index contributed by atoms with van der Waals surface area (Å²) in [4.78, 5) is 7.07. The Morgan fingerprint density at radius 1 is 1.27 bits per heavy atom. The molecule has 1 fully saturated rings. The van der Waals surface area contributed by atoms with E-state index in [1.54, 1.807) is 6.07 Å². The number of nitrogens with one attached hydrogen (secondary N) is 2. The van der Waals surface area contributed by atoms with E-state index in [1.165, 1.54) is 6.07 Å². The minimum atomic E-state index is -0.177. The lowest BCUT2D eigenvalue weighted by atomic mass is 10.1. The van der Waals surface area contributed by atoms with Gasteiger partial charge in [-0.15, -0.1) is 24.0 Å². The molecule has 0 atom stereocenters. The summed E-state index contributed by atoms with van der Waals surface area (Å²) in [6.45, 7) is 11.2. The van der Waals surface area contributed by atoms with Gasteiger partial charge in [0.05, 0.1) is 13.2 Å². The first-order chi connectivity index (χ1) is 12.2. The molecule has 5 nitrogen and oxygen atoms in total. The van der Waals surface area contributed by atoms with Gasteiger partial charge in [-0.05, 0) is 49.9 Å². The summed E-state index contributed by atoms with van der Waals surface area (Å²) in [5.74, 6) is 0.675. The fourth-order valence-electron chi connectivity index (χ4n) is 2.91. The van der Waals surface area contributed by atoms with Gasteiger partial charge in [-0.2, -0.15) is 0 Å². The number of nitrogens with zero attached hydrogens (tertiary/aromatic N) is 2. The molecule has 1 aliphatic rings. The molecule has 2 rings (SSSR count). The number of morpholine rings is 1. The predicted molar refractivity (Wildman–Crippen MR) is 116 cm³/mol. The molecule has 1 aromatic rings. The molecule has 0 unspecified atom stereocenters. The highest BCUT2D eigenvalue weighted by atomic mass is 127. The van der Waals surface area contributed by atoms with Crippen LogP contribution < -0.4 is 10.6 Å². The molecule has 148 valence electrons. The van der Waals surface area contributed by atoms with Gasteiger partial charge < -0.3 is 15.4 Å². The second-order valence-electron chi connectivity index (χ2n) is 6.32. The van der Waals surface area contributed by atoms with Gasteiger partial charge in [0, 0.05) is 39.3 Å². The van der Waals surface area contributed by atoms with Crippen LogP contribution >= 0.6 is 24.0 Å². The van der Waals surface area contributed by atoms with Crippen LogP contribution in [-0.2, 0) is 11.2 Å². The van der Waals surface area contributed by atoms with Gasteiger partial charge >= 0.3 is 0 Å². The first-order valence-electron chi connectivity index (χ1n) is 9.26. The third-order valence-electron chi connectivity index (χ3n) is 4.34. The first-order valence-corrected chi connectivity index (χ1v) is 9.26. The van der Waals surface area contributed by atoms with Crippen molar-refractivity contribution in [2.45, 2.75) is 26.7 Å². The number of halogens is 2. The number of hydrogen-bond donors (Lipinski definition) is 2. The van der Waals surface area contributed by atoms with E-state index >= 15 is 0 Å². The summed E-state index contributed by atoms with van der Waals surface area (Å²) in [7, 11) is 0. The molecule has 26 heavy (non-hydrogen) atoms. The molecule has 1 aliphatic heterocycles. The molecule has 0 aromatic heterocycles. The Kier molecular flexibility index (Phi) is 11.8. The first kappa shape index (κ1) is 23.1.